The number of aromatic nitrogens is 2. The minimum absolute atomic E-state index is 0.0371. The van der Waals surface area contributed by atoms with E-state index >= 15 is 0 Å². The Morgan fingerprint density at radius 1 is 0.917 bits per heavy atom. The number of halogens is 7. The Kier molecular flexibility index (Phi) is 4.70. The Hall–Kier alpha value is -2.36. The van der Waals surface area contributed by atoms with Crippen molar-refractivity contribution in [2.75, 3.05) is 5.32 Å². The molecular formula is C13H6ClF6N3O. The summed E-state index contributed by atoms with van der Waals surface area (Å²) in [7, 11) is 0. The molecule has 0 saturated heterocycles. The van der Waals surface area contributed by atoms with Crippen LogP contribution >= 0.6 is 11.6 Å². The number of rotatable bonds is 2. The van der Waals surface area contributed by atoms with E-state index in [1.165, 1.54) is 6.07 Å². The highest BCUT2D eigenvalue weighted by Crippen LogP contribution is 2.37. The van der Waals surface area contributed by atoms with Crippen LogP contribution in [0.1, 0.15) is 21.6 Å². The summed E-state index contributed by atoms with van der Waals surface area (Å²) in [5, 5.41) is 8.61. The molecule has 0 saturated carbocycles. The number of alkyl halides is 6. The standard InChI is InChI=1S/C13H6ClF6N3O/c14-10-2-1-9(22-23-10)11(24)21-8-4-6(12(15,16)17)3-7(5-8)13(18,19)20/h1-5H,(H,21,24). The van der Waals surface area contributed by atoms with Crippen LogP contribution in [0.3, 0.4) is 0 Å². The van der Waals surface area contributed by atoms with Gasteiger partial charge in [-0.25, -0.2) is 0 Å². The van der Waals surface area contributed by atoms with E-state index in [0.29, 0.717) is 12.1 Å². The molecule has 0 radical (unpaired) electrons. The molecule has 0 aliphatic heterocycles. The van der Waals surface area contributed by atoms with Crippen molar-refractivity contribution in [3.63, 3.8) is 0 Å². The van der Waals surface area contributed by atoms with Gasteiger partial charge >= 0.3 is 12.4 Å². The quantitative estimate of drug-likeness (QED) is 0.797. The number of anilines is 1. The zero-order valence-electron chi connectivity index (χ0n) is 11.3. The van der Waals surface area contributed by atoms with Gasteiger partial charge in [0, 0.05) is 5.69 Å². The lowest BCUT2D eigenvalue weighted by molar-refractivity contribution is -0.143. The molecule has 1 N–H and O–H groups in total. The van der Waals surface area contributed by atoms with Gasteiger partial charge in [-0.1, -0.05) is 11.6 Å². The summed E-state index contributed by atoms with van der Waals surface area (Å²) in [4.78, 5) is 11.8. The minimum atomic E-state index is -5.01. The van der Waals surface area contributed by atoms with E-state index in [1.807, 2.05) is 5.32 Å². The maximum atomic E-state index is 12.7. The van der Waals surface area contributed by atoms with Gasteiger partial charge < -0.3 is 5.32 Å². The zero-order valence-corrected chi connectivity index (χ0v) is 12.1. The fraction of sp³-hybridized carbons (Fsp3) is 0.154. The molecule has 4 nitrogen and oxygen atoms in total. The fourth-order valence-corrected chi connectivity index (χ4v) is 1.76. The first-order valence-corrected chi connectivity index (χ1v) is 6.44. The average molecular weight is 370 g/mol. The van der Waals surface area contributed by atoms with Gasteiger partial charge in [-0.15, -0.1) is 10.2 Å². The first kappa shape index (κ1) is 18.0. The first-order chi connectivity index (χ1) is 11.0. The number of nitrogens with one attached hydrogen (secondary N) is 1. The van der Waals surface area contributed by atoms with Crippen LogP contribution in [0.25, 0.3) is 0 Å². The molecule has 24 heavy (non-hydrogen) atoms. The summed E-state index contributed by atoms with van der Waals surface area (Å²) in [6.45, 7) is 0. The number of benzene rings is 1. The third kappa shape index (κ3) is 4.34. The molecule has 0 aliphatic carbocycles. The van der Waals surface area contributed by atoms with Gasteiger partial charge in [0.05, 0.1) is 11.1 Å². The lowest BCUT2D eigenvalue weighted by atomic mass is 10.1. The SMILES string of the molecule is O=C(Nc1cc(C(F)(F)F)cc(C(F)(F)F)c1)c1ccc(Cl)nn1. The van der Waals surface area contributed by atoms with Crippen molar-refractivity contribution in [1.29, 1.82) is 0 Å². The van der Waals surface area contributed by atoms with Gasteiger partial charge in [0.2, 0.25) is 0 Å². The number of carbonyl (C=O) groups is 1. The second-order valence-electron chi connectivity index (χ2n) is 4.49. The number of amides is 1. The minimum Gasteiger partial charge on any atom is -0.321 e. The van der Waals surface area contributed by atoms with Crippen LogP contribution in [0.2, 0.25) is 5.15 Å². The van der Waals surface area contributed by atoms with Crippen molar-refractivity contribution in [2.24, 2.45) is 0 Å². The van der Waals surface area contributed by atoms with Crippen LogP contribution in [-0.4, -0.2) is 16.1 Å². The Balaban J connectivity index is 2.38. The molecule has 2 rings (SSSR count). The van der Waals surface area contributed by atoms with E-state index in [9.17, 15) is 31.1 Å². The molecular weight excluding hydrogens is 364 g/mol. The van der Waals surface area contributed by atoms with Gasteiger partial charge in [-0.2, -0.15) is 26.3 Å². The second-order valence-corrected chi connectivity index (χ2v) is 4.88. The molecule has 1 amide bonds. The number of nitrogens with zero attached hydrogens (tertiary/aromatic N) is 2. The van der Waals surface area contributed by atoms with Crippen LogP contribution in [0.5, 0.6) is 0 Å². The number of hydrogen-bond acceptors (Lipinski definition) is 3. The molecule has 0 atom stereocenters. The highest BCUT2D eigenvalue weighted by Gasteiger charge is 2.37. The van der Waals surface area contributed by atoms with Crippen molar-refractivity contribution in [2.45, 2.75) is 12.4 Å². The summed E-state index contributed by atoms with van der Waals surface area (Å²) in [5.41, 5.74) is -4.10. The smallest absolute Gasteiger partial charge is 0.321 e. The Morgan fingerprint density at radius 3 is 1.88 bits per heavy atom. The number of carbonyl (C=O) groups excluding carboxylic acids is 1. The summed E-state index contributed by atoms with van der Waals surface area (Å²) in [6, 6.07) is 3.03. The van der Waals surface area contributed by atoms with Crippen LogP contribution < -0.4 is 5.32 Å². The van der Waals surface area contributed by atoms with Crippen molar-refractivity contribution >= 4 is 23.2 Å². The van der Waals surface area contributed by atoms with Crippen LogP contribution in [0, 0.1) is 0 Å². The highest BCUT2D eigenvalue weighted by atomic mass is 35.5. The summed E-state index contributed by atoms with van der Waals surface area (Å²) in [6.07, 6.45) is -10.0. The van der Waals surface area contributed by atoms with Gasteiger partial charge in [0.25, 0.3) is 5.91 Å². The molecule has 11 heteroatoms. The summed E-state index contributed by atoms with van der Waals surface area (Å²) >= 11 is 5.46. The molecule has 2 aromatic rings. The second kappa shape index (κ2) is 6.27. The van der Waals surface area contributed by atoms with Gasteiger partial charge in [0.15, 0.2) is 10.8 Å². The van der Waals surface area contributed by atoms with E-state index in [-0.39, 0.29) is 16.9 Å². The Bertz CT molecular complexity index is 726. The van der Waals surface area contributed by atoms with Crippen LogP contribution in [0.15, 0.2) is 30.3 Å². The van der Waals surface area contributed by atoms with E-state index in [0.717, 1.165) is 6.07 Å². The monoisotopic (exact) mass is 369 g/mol. The summed E-state index contributed by atoms with van der Waals surface area (Å²) in [5.74, 6) is -1.04. The van der Waals surface area contributed by atoms with Gasteiger partial charge in [0.1, 0.15) is 0 Å². The van der Waals surface area contributed by atoms with E-state index in [2.05, 4.69) is 10.2 Å². The number of hydrogen-bond donors (Lipinski definition) is 1. The fourth-order valence-electron chi connectivity index (χ4n) is 1.66. The van der Waals surface area contributed by atoms with Gasteiger partial charge in [-0.05, 0) is 30.3 Å². The molecule has 0 aliphatic rings. The van der Waals surface area contributed by atoms with Crippen LogP contribution in [-0.2, 0) is 12.4 Å². The predicted octanol–water partition coefficient (Wildman–Crippen LogP) is 4.42. The third-order valence-electron chi connectivity index (χ3n) is 2.71. The van der Waals surface area contributed by atoms with E-state index in [1.54, 1.807) is 0 Å². The lowest BCUT2D eigenvalue weighted by Gasteiger charge is -2.14. The topological polar surface area (TPSA) is 54.9 Å². The van der Waals surface area contributed by atoms with Crippen molar-refractivity contribution in [3.8, 4) is 0 Å². The molecule has 1 aromatic carbocycles. The van der Waals surface area contributed by atoms with Gasteiger partial charge in [-0.3, -0.25) is 4.79 Å². The van der Waals surface area contributed by atoms with Crippen LogP contribution in [0.4, 0.5) is 32.0 Å². The summed E-state index contributed by atoms with van der Waals surface area (Å²) < 4.78 is 76.3. The first-order valence-electron chi connectivity index (χ1n) is 6.07. The van der Waals surface area contributed by atoms with E-state index < -0.39 is 35.1 Å². The Labute approximate surface area is 135 Å². The predicted molar refractivity (Wildman–Crippen MR) is 71.4 cm³/mol. The normalized spacial score (nSPS) is 12.1. The van der Waals surface area contributed by atoms with Crippen molar-refractivity contribution < 1.29 is 31.1 Å². The molecule has 0 spiro atoms. The maximum Gasteiger partial charge on any atom is 0.416 e. The Morgan fingerprint density at radius 2 is 1.46 bits per heavy atom. The van der Waals surface area contributed by atoms with Crippen molar-refractivity contribution in [3.05, 3.63) is 52.3 Å². The van der Waals surface area contributed by atoms with Crippen molar-refractivity contribution in [1.82, 2.24) is 10.2 Å². The maximum absolute atomic E-state index is 12.7. The lowest BCUT2D eigenvalue weighted by Crippen LogP contribution is -2.17. The zero-order chi connectivity index (χ0) is 18.1. The molecule has 1 aromatic heterocycles. The van der Waals surface area contributed by atoms with E-state index in [4.69, 9.17) is 11.6 Å². The molecule has 128 valence electrons. The molecule has 1 heterocycles. The molecule has 0 fully saturated rings. The highest BCUT2D eigenvalue weighted by molar-refractivity contribution is 6.29. The average Bonchev–Trinajstić information content (AvgIpc) is 2.45. The molecule has 0 bridgehead atoms. The largest absolute Gasteiger partial charge is 0.416 e. The third-order valence-corrected chi connectivity index (χ3v) is 2.91. The molecule has 0 unspecified atom stereocenters.